The summed E-state index contributed by atoms with van der Waals surface area (Å²) in [6.45, 7) is -0.00481. The van der Waals surface area contributed by atoms with Gasteiger partial charge in [0.25, 0.3) is 15.9 Å². The first-order chi connectivity index (χ1) is 18.7. The summed E-state index contributed by atoms with van der Waals surface area (Å²) in [5.41, 5.74) is 2.82. The first-order valence-corrected chi connectivity index (χ1v) is 13.0. The Labute approximate surface area is 220 Å². The molecule has 3 aromatic heterocycles. The van der Waals surface area contributed by atoms with Crippen LogP contribution in [-0.4, -0.2) is 41.0 Å². The number of benzene rings is 2. The number of fused-ring (bicyclic) bond motifs is 9. The molecule has 0 saturated carbocycles. The number of anilines is 1. The predicted molar refractivity (Wildman–Crippen MR) is 137 cm³/mol. The Balaban J connectivity index is 1.59. The monoisotopic (exact) mass is 548 g/mol. The maximum Gasteiger partial charge on any atom is 0.265 e. The third-order valence-electron chi connectivity index (χ3n) is 6.20. The van der Waals surface area contributed by atoms with Gasteiger partial charge in [-0.3, -0.25) is 9.52 Å². The molecule has 10 nitrogen and oxygen atoms in total. The van der Waals surface area contributed by atoms with Crippen LogP contribution < -0.4 is 14.8 Å². The largest absolute Gasteiger partial charge is 0.480 e. The van der Waals surface area contributed by atoms with E-state index in [0.717, 1.165) is 5.56 Å². The molecule has 2 aromatic carbocycles. The van der Waals surface area contributed by atoms with E-state index in [1.165, 1.54) is 19.4 Å². The Morgan fingerprint density at radius 2 is 1.85 bits per heavy atom. The molecule has 4 heterocycles. The molecule has 13 heteroatoms. The molecule has 1 aliphatic heterocycles. The summed E-state index contributed by atoms with van der Waals surface area (Å²) in [5, 5.41) is 6.92. The first-order valence-electron chi connectivity index (χ1n) is 11.5. The average molecular weight is 549 g/mol. The molecule has 0 atom stereocenters. The smallest absolute Gasteiger partial charge is 0.265 e. The Morgan fingerprint density at radius 3 is 2.67 bits per heavy atom. The lowest BCUT2D eigenvalue weighted by atomic mass is 10.1. The average Bonchev–Trinajstić information content (AvgIpc) is 3.34. The van der Waals surface area contributed by atoms with Gasteiger partial charge in [0, 0.05) is 36.1 Å². The van der Waals surface area contributed by atoms with Gasteiger partial charge in [0.15, 0.2) is 5.65 Å². The molecule has 1 amide bonds. The summed E-state index contributed by atoms with van der Waals surface area (Å²) in [7, 11) is -3.37. The Morgan fingerprint density at radius 1 is 1.00 bits per heavy atom. The number of nitrogens with one attached hydrogen (secondary N) is 2. The van der Waals surface area contributed by atoms with E-state index >= 15 is 0 Å². The zero-order valence-corrected chi connectivity index (χ0v) is 21.0. The number of aromatic nitrogens is 4. The van der Waals surface area contributed by atoms with Crippen LogP contribution in [0.15, 0.2) is 72.0 Å². The van der Waals surface area contributed by atoms with Crippen molar-refractivity contribution in [1.82, 2.24) is 24.9 Å². The predicted octanol–water partition coefficient (Wildman–Crippen LogP) is 3.79. The van der Waals surface area contributed by atoms with Gasteiger partial charge in [-0.2, -0.15) is 5.10 Å². The van der Waals surface area contributed by atoms with Gasteiger partial charge in [-0.25, -0.2) is 31.7 Å². The molecule has 39 heavy (non-hydrogen) atoms. The van der Waals surface area contributed by atoms with Crippen molar-refractivity contribution in [2.24, 2.45) is 0 Å². The Bertz CT molecular complexity index is 1910. The number of sulfonamides is 1. The third-order valence-corrected chi connectivity index (χ3v) is 7.58. The highest BCUT2D eigenvalue weighted by molar-refractivity contribution is 7.92. The van der Waals surface area contributed by atoms with Crippen LogP contribution in [0, 0.1) is 11.6 Å². The van der Waals surface area contributed by atoms with Gasteiger partial charge in [0.05, 0.1) is 24.6 Å². The second-order valence-corrected chi connectivity index (χ2v) is 10.3. The fourth-order valence-electron chi connectivity index (χ4n) is 4.30. The third kappa shape index (κ3) is 4.32. The normalized spacial score (nSPS) is 14.3. The van der Waals surface area contributed by atoms with Crippen molar-refractivity contribution < 1.29 is 26.7 Å². The van der Waals surface area contributed by atoms with Gasteiger partial charge in [0.2, 0.25) is 5.88 Å². The molecule has 2 N–H and O–H groups in total. The molecular formula is C26H18F2N6O4S. The SMILES string of the molecule is COc1ncc2cc1NS(=O)(=O)c1cc(c(F)cc1F)C(=O)NCc1cccc(c1)-c1cnn3ccc-2nc13. The molecule has 0 aliphatic carbocycles. The highest BCUT2D eigenvalue weighted by atomic mass is 32.2. The molecule has 1 aliphatic rings. The van der Waals surface area contributed by atoms with Crippen molar-refractivity contribution >= 4 is 27.3 Å². The zero-order valence-electron chi connectivity index (χ0n) is 20.1. The summed E-state index contributed by atoms with van der Waals surface area (Å²) < 4.78 is 64.8. The summed E-state index contributed by atoms with van der Waals surface area (Å²) in [6.07, 6.45) is 4.81. The van der Waals surface area contributed by atoms with E-state index in [4.69, 9.17) is 9.72 Å². The van der Waals surface area contributed by atoms with E-state index in [-0.39, 0.29) is 18.1 Å². The van der Waals surface area contributed by atoms with Gasteiger partial charge in [-0.05, 0) is 35.4 Å². The van der Waals surface area contributed by atoms with Gasteiger partial charge in [0.1, 0.15) is 22.2 Å². The molecule has 0 spiro atoms. The second-order valence-electron chi connectivity index (χ2n) is 8.67. The number of hydrogen-bond acceptors (Lipinski definition) is 7. The minimum absolute atomic E-state index is 0.00481. The number of nitrogens with zero attached hydrogens (tertiary/aromatic N) is 4. The number of carbonyl (C=O) groups is 1. The van der Waals surface area contributed by atoms with Gasteiger partial charge < -0.3 is 10.1 Å². The summed E-state index contributed by atoms with van der Waals surface area (Å²) in [6, 6.07) is 11.4. The zero-order chi connectivity index (χ0) is 27.3. The lowest BCUT2D eigenvalue weighted by Gasteiger charge is -2.14. The standard InChI is InChI=1S/C26H18F2N6O4S/c1-38-26-22-8-16(12-30-26)21-5-6-34-24(32-21)18(13-31-34)15-4-2-3-14(7-15)11-29-25(35)17-9-23(39(36,37)33-22)20(28)10-19(17)27/h2-10,12-13,33H,11H2,1H3,(H,29,35). The molecule has 5 aromatic rings. The van der Waals surface area contributed by atoms with Crippen LogP contribution in [0.4, 0.5) is 14.5 Å². The van der Waals surface area contributed by atoms with Gasteiger partial charge in [-0.1, -0.05) is 18.2 Å². The molecule has 6 rings (SSSR count). The molecule has 0 saturated heterocycles. The van der Waals surface area contributed by atoms with Crippen LogP contribution in [-0.2, 0) is 16.6 Å². The highest BCUT2D eigenvalue weighted by Crippen LogP contribution is 2.32. The van der Waals surface area contributed by atoms with Crippen LogP contribution in [0.3, 0.4) is 0 Å². The Kier molecular flexibility index (Phi) is 5.72. The topological polar surface area (TPSA) is 128 Å². The maximum atomic E-state index is 14.7. The minimum atomic E-state index is -4.66. The first kappa shape index (κ1) is 24.4. The lowest BCUT2D eigenvalue weighted by molar-refractivity contribution is 0.0946. The molecule has 8 bridgehead atoms. The van der Waals surface area contributed by atoms with E-state index in [1.807, 2.05) is 12.1 Å². The number of pyridine rings is 1. The van der Waals surface area contributed by atoms with E-state index in [0.29, 0.717) is 40.2 Å². The van der Waals surface area contributed by atoms with E-state index in [1.54, 1.807) is 35.1 Å². The number of rotatable bonds is 1. The van der Waals surface area contributed by atoms with Crippen molar-refractivity contribution in [3.8, 4) is 28.3 Å². The Hall–Kier alpha value is -4.91. The lowest BCUT2D eigenvalue weighted by Crippen LogP contribution is -2.25. The molecule has 196 valence electrons. The highest BCUT2D eigenvalue weighted by Gasteiger charge is 2.26. The number of methoxy groups -OCH3 is 1. The number of hydrogen-bond donors (Lipinski definition) is 2. The molecular weight excluding hydrogens is 530 g/mol. The van der Waals surface area contributed by atoms with Crippen LogP contribution in [0.2, 0.25) is 0 Å². The van der Waals surface area contributed by atoms with Crippen molar-refractivity contribution in [3.05, 3.63) is 89.9 Å². The van der Waals surface area contributed by atoms with E-state index in [2.05, 4.69) is 20.1 Å². The van der Waals surface area contributed by atoms with Crippen LogP contribution >= 0.6 is 0 Å². The number of carbonyl (C=O) groups excluding carboxylic acids is 1. The number of halogens is 2. The maximum absolute atomic E-state index is 14.7. The molecule has 0 fully saturated rings. The fraction of sp³-hybridized carbons (Fsp3) is 0.0769. The summed E-state index contributed by atoms with van der Waals surface area (Å²) >= 11 is 0. The minimum Gasteiger partial charge on any atom is -0.480 e. The summed E-state index contributed by atoms with van der Waals surface area (Å²) in [5.74, 6) is -3.60. The van der Waals surface area contributed by atoms with Gasteiger partial charge in [-0.15, -0.1) is 0 Å². The fourth-order valence-corrected chi connectivity index (χ4v) is 5.43. The quantitative estimate of drug-likeness (QED) is 0.326. The van der Waals surface area contributed by atoms with Crippen molar-refractivity contribution in [2.75, 3.05) is 11.8 Å². The van der Waals surface area contributed by atoms with Gasteiger partial charge >= 0.3 is 0 Å². The van der Waals surface area contributed by atoms with E-state index in [9.17, 15) is 22.0 Å². The second kappa shape index (κ2) is 9.13. The molecule has 0 unspecified atom stereocenters. The number of ether oxygens (including phenoxy) is 1. The van der Waals surface area contributed by atoms with Crippen molar-refractivity contribution in [2.45, 2.75) is 11.4 Å². The van der Waals surface area contributed by atoms with Crippen molar-refractivity contribution in [3.63, 3.8) is 0 Å². The summed E-state index contributed by atoms with van der Waals surface area (Å²) in [4.78, 5) is 20.8. The molecule has 0 radical (unpaired) electrons. The van der Waals surface area contributed by atoms with Crippen LogP contribution in [0.5, 0.6) is 5.88 Å². The van der Waals surface area contributed by atoms with E-state index < -0.39 is 38.0 Å². The van der Waals surface area contributed by atoms with Crippen molar-refractivity contribution in [1.29, 1.82) is 0 Å². The van der Waals surface area contributed by atoms with Crippen LogP contribution in [0.1, 0.15) is 15.9 Å². The van der Waals surface area contributed by atoms with Crippen LogP contribution in [0.25, 0.3) is 28.0 Å². The number of amides is 1.